The van der Waals surface area contributed by atoms with Gasteiger partial charge >= 0.3 is 0 Å². The zero-order valence-electron chi connectivity index (χ0n) is 14.5. The van der Waals surface area contributed by atoms with E-state index in [4.69, 9.17) is 14.2 Å². The Morgan fingerprint density at radius 3 is 1.48 bits per heavy atom. The second kappa shape index (κ2) is 19.1. The lowest BCUT2D eigenvalue weighted by atomic mass is 10.2. The van der Waals surface area contributed by atoms with Crippen LogP contribution in [-0.4, -0.2) is 34.6 Å². The Bertz CT molecular complexity index is 268. The van der Waals surface area contributed by atoms with Crippen LogP contribution in [0.15, 0.2) is 24.3 Å². The molecule has 0 aromatic heterocycles. The van der Waals surface area contributed by atoms with Crippen LogP contribution < -0.4 is 0 Å². The van der Waals surface area contributed by atoms with Gasteiger partial charge in [0.1, 0.15) is 13.6 Å². The molecule has 0 N–H and O–H groups in total. The third-order valence-electron chi connectivity index (χ3n) is 3.24. The molecule has 136 valence electrons. The number of hydrogen-bond donors (Lipinski definition) is 0. The van der Waals surface area contributed by atoms with Crippen LogP contribution in [0.3, 0.4) is 0 Å². The molecule has 0 bridgehead atoms. The van der Waals surface area contributed by atoms with Crippen LogP contribution in [-0.2, 0) is 14.2 Å². The minimum Gasteiger partial charge on any atom is -0.352 e. The number of halogens is 2. The molecule has 0 fully saturated rings. The van der Waals surface area contributed by atoms with Gasteiger partial charge in [0.15, 0.2) is 0 Å². The van der Waals surface area contributed by atoms with Crippen molar-refractivity contribution in [2.75, 3.05) is 22.4 Å². The van der Waals surface area contributed by atoms with Crippen LogP contribution in [0.25, 0.3) is 0 Å². The molecule has 0 aliphatic heterocycles. The van der Waals surface area contributed by atoms with Gasteiger partial charge in [0.25, 0.3) is 0 Å². The Kier molecular flexibility index (Phi) is 19.8. The van der Waals surface area contributed by atoms with E-state index in [-0.39, 0.29) is 12.2 Å². The lowest BCUT2D eigenvalue weighted by molar-refractivity contribution is -0.160. The minimum atomic E-state index is 0.222. The van der Waals surface area contributed by atoms with Gasteiger partial charge in [-0.2, -0.15) is 0 Å². The molecule has 0 aliphatic rings. The van der Waals surface area contributed by atoms with Crippen molar-refractivity contribution in [3.05, 3.63) is 24.3 Å². The fourth-order valence-corrected chi connectivity index (χ4v) is 2.51. The summed E-state index contributed by atoms with van der Waals surface area (Å²) in [6, 6.07) is 0. The van der Waals surface area contributed by atoms with E-state index in [2.05, 4.69) is 83.3 Å². The molecule has 23 heavy (non-hydrogen) atoms. The third kappa shape index (κ3) is 19.0. The van der Waals surface area contributed by atoms with Crippen molar-refractivity contribution in [2.24, 2.45) is 0 Å². The standard InChI is InChI=1S/C18H32I2O3/c1-17(11-7-3-5-9-13-19)22-15-21-16-23-18(2)12-8-4-6-10-14-20/h3-6,17-18H,7-16H2,1-2H3. The minimum absolute atomic E-state index is 0.222. The second-order valence-corrected chi connectivity index (χ2v) is 7.60. The highest BCUT2D eigenvalue weighted by Gasteiger charge is 2.02. The Hall–Kier alpha value is 0.820. The zero-order chi connectivity index (χ0) is 17.2. The Morgan fingerprint density at radius 1 is 0.696 bits per heavy atom. The maximum Gasteiger partial charge on any atom is 0.149 e. The lowest BCUT2D eigenvalue weighted by Gasteiger charge is -2.14. The predicted molar refractivity (Wildman–Crippen MR) is 116 cm³/mol. The van der Waals surface area contributed by atoms with Crippen molar-refractivity contribution in [2.45, 2.75) is 64.6 Å². The quantitative estimate of drug-likeness (QED) is 0.0771. The van der Waals surface area contributed by atoms with E-state index >= 15 is 0 Å². The van der Waals surface area contributed by atoms with E-state index in [0.717, 1.165) is 38.5 Å². The average Bonchev–Trinajstić information content (AvgIpc) is 2.54. The summed E-state index contributed by atoms with van der Waals surface area (Å²) in [5.74, 6) is 0. The molecule has 0 aromatic carbocycles. The molecule has 5 heteroatoms. The van der Waals surface area contributed by atoms with Gasteiger partial charge in [0.2, 0.25) is 0 Å². The third-order valence-corrected chi connectivity index (χ3v) is 4.48. The fraction of sp³-hybridized carbons (Fsp3) is 0.778. The van der Waals surface area contributed by atoms with Crippen LogP contribution in [0.5, 0.6) is 0 Å². The largest absolute Gasteiger partial charge is 0.352 e. The maximum atomic E-state index is 5.61. The van der Waals surface area contributed by atoms with Crippen LogP contribution in [0, 0.1) is 0 Å². The van der Waals surface area contributed by atoms with Gasteiger partial charge in [0, 0.05) is 8.86 Å². The number of hydrogen-bond acceptors (Lipinski definition) is 3. The average molecular weight is 550 g/mol. The molecule has 0 aliphatic carbocycles. The molecule has 0 saturated carbocycles. The molecule has 3 nitrogen and oxygen atoms in total. The van der Waals surface area contributed by atoms with Crippen molar-refractivity contribution in [3.63, 3.8) is 0 Å². The maximum absolute atomic E-state index is 5.61. The highest BCUT2D eigenvalue weighted by Crippen LogP contribution is 2.05. The lowest BCUT2D eigenvalue weighted by Crippen LogP contribution is -2.15. The molecule has 0 saturated heterocycles. The van der Waals surface area contributed by atoms with Gasteiger partial charge < -0.3 is 14.2 Å². The van der Waals surface area contributed by atoms with Gasteiger partial charge in [-0.3, -0.25) is 0 Å². The number of rotatable bonds is 16. The number of ether oxygens (including phenoxy) is 3. The first-order chi connectivity index (χ1) is 11.2. The SMILES string of the molecule is CC(CCC=CCCI)OCOCOC(C)CCC=CCCI. The summed E-state index contributed by atoms with van der Waals surface area (Å²) in [7, 11) is 0. The molecular formula is C18H32I2O3. The Morgan fingerprint density at radius 2 is 1.09 bits per heavy atom. The Balaban J connectivity index is 3.39. The van der Waals surface area contributed by atoms with Gasteiger partial charge in [-0.15, -0.1) is 0 Å². The molecule has 0 heterocycles. The topological polar surface area (TPSA) is 27.7 Å². The molecule has 0 aromatic rings. The van der Waals surface area contributed by atoms with Crippen LogP contribution in [0.1, 0.15) is 52.4 Å². The predicted octanol–water partition coefficient (Wildman–Crippen LogP) is 6.05. The van der Waals surface area contributed by atoms with Crippen LogP contribution >= 0.6 is 45.2 Å². The van der Waals surface area contributed by atoms with E-state index in [9.17, 15) is 0 Å². The number of alkyl halides is 2. The molecular weight excluding hydrogens is 518 g/mol. The first-order valence-electron chi connectivity index (χ1n) is 8.43. The summed E-state index contributed by atoms with van der Waals surface area (Å²) >= 11 is 4.78. The van der Waals surface area contributed by atoms with E-state index in [1.807, 2.05) is 0 Å². The van der Waals surface area contributed by atoms with Crippen molar-refractivity contribution >= 4 is 45.2 Å². The first kappa shape index (κ1) is 23.8. The highest BCUT2D eigenvalue weighted by atomic mass is 127. The fourth-order valence-electron chi connectivity index (χ4n) is 1.79. The van der Waals surface area contributed by atoms with Gasteiger partial charge in [-0.05, 0) is 52.4 Å². The van der Waals surface area contributed by atoms with E-state index in [1.165, 1.54) is 8.86 Å². The van der Waals surface area contributed by atoms with Crippen molar-refractivity contribution in [1.82, 2.24) is 0 Å². The molecule has 0 radical (unpaired) electrons. The first-order valence-corrected chi connectivity index (χ1v) is 11.5. The van der Waals surface area contributed by atoms with Crippen molar-refractivity contribution in [1.29, 1.82) is 0 Å². The molecule has 2 atom stereocenters. The summed E-state index contributed by atoms with van der Waals surface area (Å²) in [5.41, 5.74) is 0. The molecule has 0 rings (SSSR count). The van der Waals surface area contributed by atoms with Gasteiger partial charge in [-0.25, -0.2) is 0 Å². The molecule has 0 spiro atoms. The van der Waals surface area contributed by atoms with E-state index < -0.39 is 0 Å². The van der Waals surface area contributed by atoms with E-state index in [1.54, 1.807) is 0 Å². The normalized spacial score (nSPS) is 14.8. The molecule has 0 amide bonds. The van der Waals surface area contributed by atoms with Crippen LogP contribution in [0.4, 0.5) is 0 Å². The van der Waals surface area contributed by atoms with Crippen molar-refractivity contribution in [3.8, 4) is 0 Å². The number of allylic oxidation sites excluding steroid dienone is 4. The highest BCUT2D eigenvalue weighted by molar-refractivity contribution is 14.1. The van der Waals surface area contributed by atoms with Crippen molar-refractivity contribution < 1.29 is 14.2 Å². The van der Waals surface area contributed by atoms with Crippen LogP contribution in [0.2, 0.25) is 0 Å². The summed E-state index contributed by atoms with van der Waals surface area (Å²) in [6.07, 6.45) is 15.9. The smallest absolute Gasteiger partial charge is 0.149 e. The second-order valence-electron chi connectivity index (χ2n) is 5.45. The van der Waals surface area contributed by atoms with E-state index in [0.29, 0.717) is 13.6 Å². The summed E-state index contributed by atoms with van der Waals surface area (Å²) in [6.45, 7) is 4.78. The zero-order valence-corrected chi connectivity index (χ0v) is 18.8. The summed E-state index contributed by atoms with van der Waals surface area (Å²) in [5, 5.41) is 0. The Labute approximate surface area is 169 Å². The monoisotopic (exact) mass is 550 g/mol. The summed E-state index contributed by atoms with van der Waals surface area (Å²) < 4.78 is 19.0. The molecule has 2 unspecified atom stereocenters. The van der Waals surface area contributed by atoms with Gasteiger partial charge in [0.05, 0.1) is 12.2 Å². The van der Waals surface area contributed by atoms with Gasteiger partial charge in [-0.1, -0.05) is 69.5 Å². The summed E-state index contributed by atoms with van der Waals surface area (Å²) in [4.78, 5) is 0.